The highest BCUT2D eigenvalue weighted by Gasteiger charge is 1.96. The number of hydrogen-bond acceptors (Lipinski definition) is 2. The SMILES string of the molecule is CCCCCCCCCCCCCCCCCCCCCCCCCN(C)N. The predicted molar refractivity (Wildman–Crippen MR) is 129 cm³/mol. The fourth-order valence-corrected chi connectivity index (χ4v) is 4.15. The average molecular weight is 397 g/mol. The zero-order valence-corrected chi connectivity index (χ0v) is 20.0. The maximum Gasteiger partial charge on any atom is 0.0125 e. The Bertz CT molecular complexity index is 265. The lowest BCUT2D eigenvalue weighted by Crippen LogP contribution is -2.26. The van der Waals surface area contributed by atoms with Crippen molar-refractivity contribution in [2.24, 2.45) is 5.84 Å². The molecule has 0 saturated heterocycles. The zero-order chi connectivity index (χ0) is 20.5. The van der Waals surface area contributed by atoms with Gasteiger partial charge >= 0.3 is 0 Å². The molecule has 170 valence electrons. The van der Waals surface area contributed by atoms with Gasteiger partial charge in [0.05, 0.1) is 0 Å². The zero-order valence-electron chi connectivity index (χ0n) is 20.0. The van der Waals surface area contributed by atoms with E-state index in [2.05, 4.69) is 6.92 Å². The molecule has 0 heterocycles. The van der Waals surface area contributed by atoms with Crippen LogP contribution in [0.15, 0.2) is 0 Å². The van der Waals surface area contributed by atoms with Crippen molar-refractivity contribution in [3.05, 3.63) is 0 Å². The molecular formula is C26H56N2. The number of rotatable bonds is 24. The van der Waals surface area contributed by atoms with Gasteiger partial charge in [0.15, 0.2) is 0 Å². The summed E-state index contributed by atoms with van der Waals surface area (Å²) in [5.41, 5.74) is 0. The Morgan fingerprint density at radius 3 is 0.821 bits per heavy atom. The van der Waals surface area contributed by atoms with E-state index in [1.807, 2.05) is 7.05 Å². The van der Waals surface area contributed by atoms with Crippen LogP contribution in [-0.2, 0) is 0 Å². The molecule has 0 unspecified atom stereocenters. The molecule has 0 saturated carbocycles. The molecule has 0 aromatic rings. The molecule has 0 spiro atoms. The molecular weight excluding hydrogens is 340 g/mol. The van der Waals surface area contributed by atoms with Gasteiger partial charge in [-0.2, -0.15) is 0 Å². The quantitative estimate of drug-likeness (QED) is 0.100. The molecule has 2 heteroatoms. The first-order valence-electron chi connectivity index (χ1n) is 13.2. The number of hydrogen-bond donors (Lipinski definition) is 1. The molecule has 0 rings (SSSR count). The molecule has 0 aromatic heterocycles. The summed E-state index contributed by atoms with van der Waals surface area (Å²) in [6, 6.07) is 0. The van der Waals surface area contributed by atoms with Crippen LogP contribution < -0.4 is 5.84 Å². The largest absolute Gasteiger partial charge is 0.269 e. The minimum Gasteiger partial charge on any atom is -0.269 e. The number of unbranched alkanes of at least 4 members (excludes halogenated alkanes) is 22. The molecule has 0 aliphatic rings. The lowest BCUT2D eigenvalue weighted by molar-refractivity contribution is 0.336. The second-order valence-electron chi connectivity index (χ2n) is 9.26. The van der Waals surface area contributed by atoms with Gasteiger partial charge in [-0.1, -0.05) is 148 Å². The smallest absolute Gasteiger partial charge is 0.0125 e. The van der Waals surface area contributed by atoms with E-state index in [1.54, 1.807) is 5.01 Å². The van der Waals surface area contributed by atoms with Crippen LogP contribution in [0.5, 0.6) is 0 Å². The molecule has 0 atom stereocenters. The molecule has 0 bridgehead atoms. The first-order valence-corrected chi connectivity index (χ1v) is 13.2. The Labute approximate surface area is 179 Å². The van der Waals surface area contributed by atoms with Crippen LogP contribution in [0.1, 0.15) is 155 Å². The molecule has 0 aliphatic carbocycles. The van der Waals surface area contributed by atoms with Crippen LogP contribution in [0.2, 0.25) is 0 Å². The summed E-state index contributed by atoms with van der Waals surface area (Å²) in [7, 11) is 1.96. The summed E-state index contributed by atoms with van der Waals surface area (Å²) in [5, 5.41) is 1.80. The fourth-order valence-electron chi connectivity index (χ4n) is 4.15. The standard InChI is InChI=1S/C26H56N2/c1-3-4-5-6-7-8-9-10-11-12-13-14-15-16-17-18-19-20-21-22-23-24-25-26-28(2)27/h3-27H2,1-2H3. The van der Waals surface area contributed by atoms with Crippen molar-refractivity contribution in [3.8, 4) is 0 Å². The van der Waals surface area contributed by atoms with Crippen molar-refractivity contribution in [2.75, 3.05) is 13.6 Å². The van der Waals surface area contributed by atoms with Crippen molar-refractivity contribution in [1.82, 2.24) is 5.01 Å². The van der Waals surface area contributed by atoms with Crippen molar-refractivity contribution in [1.29, 1.82) is 0 Å². The summed E-state index contributed by atoms with van der Waals surface area (Å²) in [6.45, 7) is 3.34. The molecule has 0 fully saturated rings. The first-order chi connectivity index (χ1) is 13.8. The second kappa shape index (κ2) is 25.0. The van der Waals surface area contributed by atoms with E-state index in [4.69, 9.17) is 5.84 Å². The van der Waals surface area contributed by atoms with Crippen LogP contribution in [0.25, 0.3) is 0 Å². The monoisotopic (exact) mass is 396 g/mol. The molecule has 0 aromatic carbocycles. The van der Waals surface area contributed by atoms with E-state index < -0.39 is 0 Å². The third kappa shape index (κ3) is 25.9. The van der Waals surface area contributed by atoms with Crippen LogP contribution in [0, 0.1) is 0 Å². The minimum absolute atomic E-state index is 1.04. The molecule has 0 amide bonds. The number of nitrogens with two attached hydrogens (primary N) is 1. The minimum atomic E-state index is 1.04. The Hall–Kier alpha value is -0.0800. The number of hydrazine groups is 1. The van der Waals surface area contributed by atoms with Gasteiger partial charge in [0.2, 0.25) is 0 Å². The summed E-state index contributed by atoms with van der Waals surface area (Å²) < 4.78 is 0. The van der Waals surface area contributed by atoms with E-state index >= 15 is 0 Å². The third-order valence-electron chi connectivity index (χ3n) is 6.11. The maximum atomic E-state index is 5.62. The molecule has 2 nitrogen and oxygen atoms in total. The molecule has 28 heavy (non-hydrogen) atoms. The average Bonchev–Trinajstić information content (AvgIpc) is 2.68. The normalized spacial score (nSPS) is 11.6. The van der Waals surface area contributed by atoms with Gasteiger partial charge < -0.3 is 0 Å². The highest BCUT2D eigenvalue weighted by molar-refractivity contribution is 4.51. The lowest BCUT2D eigenvalue weighted by atomic mass is 10.0. The van der Waals surface area contributed by atoms with Crippen molar-refractivity contribution < 1.29 is 0 Å². The maximum absolute atomic E-state index is 5.62. The van der Waals surface area contributed by atoms with E-state index in [9.17, 15) is 0 Å². The van der Waals surface area contributed by atoms with Gasteiger partial charge in [0, 0.05) is 13.6 Å². The van der Waals surface area contributed by atoms with Gasteiger partial charge in [0.25, 0.3) is 0 Å². The summed E-state index contributed by atoms with van der Waals surface area (Å²) in [5.74, 6) is 5.62. The topological polar surface area (TPSA) is 29.3 Å². The van der Waals surface area contributed by atoms with Gasteiger partial charge in [-0.15, -0.1) is 0 Å². The Balaban J connectivity index is 2.98. The molecule has 0 aliphatic heterocycles. The predicted octanol–water partition coefficient (Wildman–Crippen LogP) is 8.78. The van der Waals surface area contributed by atoms with Gasteiger partial charge in [0.1, 0.15) is 0 Å². The molecule has 2 N–H and O–H groups in total. The van der Waals surface area contributed by atoms with Crippen LogP contribution >= 0.6 is 0 Å². The summed E-state index contributed by atoms with van der Waals surface area (Å²) >= 11 is 0. The summed E-state index contributed by atoms with van der Waals surface area (Å²) in [6.07, 6.45) is 33.3. The van der Waals surface area contributed by atoms with Gasteiger partial charge in [-0.25, -0.2) is 0 Å². The van der Waals surface area contributed by atoms with Crippen LogP contribution in [-0.4, -0.2) is 18.6 Å². The van der Waals surface area contributed by atoms with Crippen molar-refractivity contribution >= 4 is 0 Å². The van der Waals surface area contributed by atoms with E-state index in [0.29, 0.717) is 0 Å². The Morgan fingerprint density at radius 2 is 0.607 bits per heavy atom. The van der Waals surface area contributed by atoms with Crippen LogP contribution in [0.3, 0.4) is 0 Å². The van der Waals surface area contributed by atoms with Crippen LogP contribution in [0.4, 0.5) is 0 Å². The Kier molecular flexibility index (Phi) is 24.9. The first kappa shape index (κ1) is 27.9. The lowest BCUT2D eigenvalue weighted by Gasteiger charge is -2.08. The molecule has 0 radical (unpaired) electrons. The highest BCUT2D eigenvalue weighted by atomic mass is 15.4. The van der Waals surface area contributed by atoms with E-state index in [0.717, 1.165) is 6.54 Å². The fraction of sp³-hybridized carbons (Fsp3) is 1.00. The summed E-state index contributed by atoms with van der Waals surface area (Å²) in [4.78, 5) is 0. The van der Waals surface area contributed by atoms with E-state index in [-0.39, 0.29) is 0 Å². The van der Waals surface area contributed by atoms with Gasteiger partial charge in [-0.3, -0.25) is 10.9 Å². The third-order valence-corrected chi connectivity index (χ3v) is 6.11. The van der Waals surface area contributed by atoms with E-state index in [1.165, 1.54) is 148 Å². The van der Waals surface area contributed by atoms with Gasteiger partial charge in [-0.05, 0) is 6.42 Å². The number of nitrogens with zero attached hydrogens (tertiary/aromatic N) is 1. The Morgan fingerprint density at radius 1 is 0.393 bits per heavy atom. The second-order valence-corrected chi connectivity index (χ2v) is 9.26. The van der Waals surface area contributed by atoms with Crippen molar-refractivity contribution in [2.45, 2.75) is 155 Å². The van der Waals surface area contributed by atoms with Crippen molar-refractivity contribution in [3.63, 3.8) is 0 Å². The highest BCUT2D eigenvalue weighted by Crippen LogP contribution is 2.15.